The summed E-state index contributed by atoms with van der Waals surface area (Å²) in [5.41, 5.74) is 9.84. The number of rotatable bonds is 3. The minimum Gasteiger partial charge on any atom is -0.320 e. The zero-order chi connectivity index (χ0) is 15.5. The Balaban J connectivity index is 1.71. The van der Waals surface area contributed by atoms with Crippen molar-refractivity contribution in [3.63, 3.8) is 0 Å². The molecule has 0 aromatic heterocycles. The molecule has 0 saturated carbocycles. The van der Waals surface area contributed by atoms with Crippen molar-refractivity contribution in [1.29, 1.82) is 5.26 Å². The van der Waals surface area contributed by atoms with Gasteiger partial charge in [-0.05, 0) is 42.2 Å². The molecule has 0 unspecified atom stereocenters. The van der Waals surface area contributed by atoms with Gasteiger partial charge >= 0.3 is 0 Å². The Morgan fingerprint density at radius 3 is 2.68 bits per heavy atom. The number of benzene rings is 2. The van der Waals surface area contributed by atoms with Crippen LogP contribution in [0.3, 0.4) is 0 Å². The molecule has 1 aliphatic rings. The monoisotopic (exact) mass is 291 g/mol. The number of fused-ring (bicyclic) bond motifs is 1. The maximum Gasteiger partial charge on any atom is 0.244 e. The Labute approximate surface area is 129 Å². The normalized spacial score (nSPS) is 14.3. The molecule has 1 amide bonds. The van der Waals surface area contributed by atoms with Crippen LogP contribution in [-0.4, -0.2) is 18.5 Å². The average Bonchev–Trinajstić information content (AvgIpc) is 2.99. The van der Waals surface area contributed by atoms with Gasteiger partial charge < -0.3 is 10.6 Å². The highest BCUT2D eigenvalue weighted by Crippen LogP contribution is 2.28. The highest BCUT2D eigenvalue weighted by Gasteiger charge is 2.27. The minimum absolute atomic E-state index is 0.0469. The van der Waals surface area contributed by atoms with E-state index in [4.69, 9.17) is 11.0 Å². The van der Waals surface area contributed by atoms with E-state index >= 15 is 0 Å². The Kier molecular flexibility index (Phi) is 3.90. The summed E-state index contributed by atoms with van der Waals surface area (Å²) in [7, 11) is 0. The summed E-state index contributed by atoms with van der Waals surface area (Å²) >= 11 is 0. The number of hydrogen-bond donors (Lipinski definition) is 1. The van der Waals surface area contributed by atoms with Crippen LogP contribution in [0.25, 0.3) is 0 Å². The van der Waals surface area contributed by atoms with Crippen LogP contribution in [0.4, 0.5) is 5.69 Å². The molecule has 1 heterocycles. The molecule has 0 saturated heterocycles. The first-order valence-corrected chi connectivity index (χ1v) is 7.33. The number of carbonyl (C=O) groups excluding carboxylic acids is 1. The van der Waals surface area contributed by atoms with Crippen LogP contribution < -0.4 is 10.6 Å². The number of carbonyl (C=O) groups is 1. The number of anilines is 1. The molecule has 4 nitrogen and oxygen atoms in total. The third-order valence-electron chi connectivity index (χ3n) is 4.01. The lowest BCUT2D eigenvalue weighted by molar-refractivity contribution is -0.119. The average molecular weight is 291 g/mol. The Bertz CT molecular complexity index is 731. The van der Waals surface area contributed by atoms with E-state index in [1.54, 1.807) is 17.0 Å². The van der Waals surface area contributed by atoms with Crippen molar-refractivity contribution in [2.24, 2.45) is 5.73 Å². The van der Waals surface area contributed by atoms with Crippen LogP contribution in [0.1, 0.15) is 16.7 Å². The van der Waals surface area contributed by atoms with Gasteiger partial charge in [0, 0.05) is 12.2 Å². The summed E-state index contributed by atoms with van der Waals surface area (Å²) in [4.78, 5) is 14.4. The molecule has 1 atom stereocenters. The molecular formula is C18H17N3O. The smallest absolute Gasteiger partial charge is 0.244 e. The second-order valence-corrected chi connectivity index (χ2v) is 5.49. The Hall–Kier alpha value is -2.64. The van der Waals surface area contributed by atoms with Gasteiger partial charge in [0.25, 0.3) is 0 Å². The summed E-state index contributed by atoms with van der Waals surface area (Å²) in [6.45, 7) is 0.694. The van der Waals surface area contributed by atoms with E-state index < -0.39 is 6.04 Å². The number of hydrogen-bond acceptors (Lipinski definition) is 3. The first kappa shape index (κ1) is 14.3. The minimum atomic E-state index is -0.570. The van der Waals surface area contributed by atoms with Gasteiger partial charge in [0.2, 0.25) is 5.91 Å². The number of nitrogens with zero attached hydrogens (tertiary/aromatic N) is 2. The van der Waals surface area contributed by atoms with Crippen molar-refractivity contribution in [3.8, 4) is 6.07 Å². The highest BCUT2D eigenvalue weighted by atomic mass is 16.2. The van der Waals surface area contributed by atoms with Gasteiger partial charge in [-0.15, -0.1) is 0 Å². The zero-order valence-corrected chi connectivity index (χ0v) is 12.2. The highest BCUT2D eigenvalue weighted by molar-refractivity contribution is 5.99. The molecule has 0 radical (unpaired) electrons. The molecule has 2 N–H and O–H groups in total. The molecule has 0 spiro atoms. The molecule has 2 aromatic carbocycles. The quantitative estimate of drug-likeness (QED) is 0.940. The summed E-state index contributed by atoms with van der Waals surface area (Å²) in [5, 5.41) is 8.80. The Morgan fingerprint density at radius 2 is 1.95 bits per heavy atom. The third-order valence-corrected chi connectivity index (χ3v) is 4.01. The maximum absolute atomic E-state index is 12.6. The largest absolute Gasteiger partial charge is 0.320 e. The van der Waals surface area contributed by atoms with Crippen LogP contribution in [0, 0.1) is 11.3 Å². The maximum atomic E-state index is 12.6. The molecule has 0 fully saturated rings. The molecule has 0 bridgehead atoms. The van der Waals surface area contributed by atoms with Crippen LogP contribution in [-0.2, 0) is 17.6 Å². The number of amides is 1. The van der Waals surface area contributed by atoms with Crippen LogP contribution in [0.2, 0.25) is 0 Å². The second-order valence-electron chi connectivity index (χ2n) is 5.49. The summed E-state index contributed by atoms with van der Waals surface area (Å²) in [5.74, 6) is -0.0469. The second kappa shape index (κ2) is 6.00. The van der Waals surface area contributed by atoms with Crippen molar-refractivity contribution in [3.05, 3.63) is 65.2 Å². The van der Waals surface area contributed by atoms with Crippen molar-refractivity contribution in [2.75, 3.05) is 11.4 Å². The first-order valence-electron chi connectivity index (χ1n) is 7.33. The van der Waals surface area contributed by atoms with Gasteiger partial charge in [-0.3, -0.25) is 4.79 Å². The number of para-hydroxylation sites is 1. The summed E-state index contributed by atoms with van der Waals surface area (Å²) in [6.07, 6.45) is 1.36. The Morgan fingerprint density at radius 1 is 1.23 bits per heavy atom. The van der Waals surface area contributed by atoms with Crippen LogP contribution in [0.15, 0.2) is 48.5 Å². The first-order chi connectivity index (χ1) is 10.7. The fourth-order valence-electron chi connectivity index (χ4n) is 2.82. The number of nitriles is 1. The molecule has 1 aliphatic heterocycles. The molecule has 2 aromatic rings. The van der Waals surface area contributed by atoms with Gasteiger partial charge in [0.15, 0.2) is 0 Å². The molecule has 0 aliphatic carbocycles. The van der Waals surface area contributed by atoms with Gasteiger partial charge in [0.1, 0.15) is 0 Å². The molecular weight excluding hydrogens is 274 g/mol. The van der Waals surface area contributed by atoms with Gasteiger partial charge in [-0.25, -0.2) is 0 Å². The van der Waals surface area contributed by atoms with Crippen molar-refractivity contribution < 1.29 is 4.79 Å². The molecule has 22 heavy (non-hydrogen) atoms. The van der Waals surface area contributed by atoms with E-state index in [0.29, 0.717) is 18.5 Å². The lowest BCUT2D eigenvalue weighted by Gasteiger charge is -2.21. The SMILES string of the molecule is N#Cc1ccc(C[C@H](N)C(=O)N2CCc3ccccc32)cc1. The zero-order valence-electron chi connectivity index (χ0n) is 12.2. The lowest BCUT2D eigenvalue weighted by Crippen LogP contribution is -2.44. The summed E-state index contributed by atoms with van der Waals surface area (Å²) < 4.78 is 0. The van der Waals surface area contributed by atoms with E-state index in [1.807, 2.05) is 30.3 Å². The van der Waals surface area contributed by atoms with E-state index in [9.17, 15) is 4.79 Å². The fourth-order valence-corrected chi connectivity index (χ4v) is 2.82. The van der Waals surface area contributed by atoms with E-state index in [-0.39, 0.29) is 5.91 Å². The van der Waals surface area contributed by atoms with Crippen LogP contribution >= 0.6 is 0 Å². The van der Waals surface area contributed by atoms with Gasteiger partial charge in [-0.1, -0.05) is 30.3 Å². The van der Waals surface area contributed by atoms with Crippen molar-refractivity contribution in [2.45, 2.75) is 18.9 Å². The fraction of sp³-hybridized carbons (Fsp3) is 0.222. The molecule has 110 valence electrons. The van der Waals surface area contributed by atoms with Crippen LogP contribution in [0.5, 0.6) is 0 Å². The number of nitrogens with two attached hydrogens (primary N) is 1. The van der Waals surface area contributed by atoms with E-state index in [0.717, 1.165) is 17.7 Å². The van der Waals surface area contributed by atoms with Gasteiger partial charge in [-0.2, -0.15) is 5.26 Å². The predicted molar refractivity (Wildman–Crippen MR) is 85.3 cm³/mol. The third kappa shape index (κ3) is 2.72. The molecule has 3 rings (SSSR count). The topological polar surface area (TPSA) is 70.1 Å². The standard InChI is InChI=1S/C18H17N3O/c19-12-14-7-5-13(6-8-14)11-16(20)18(22)21-10-9-15-3-1-2-4-17(15)21/h1-8,16H,9-11,20H2/t16-/m0/s1. The lowest BCUT2D eigenvalue weighted by atomic mass is 10.0. The van der Waals surface area contributed by atoms with E-state index in [2.05, 4.69) is 12.1 Å². The van der Waals surface area contributed by atoms with E-state index in [1.165, 1.54) is 5.56 Å². The van der Waals surface area contributed by atoms with Gasteiger partial charge in [0.05, 0.1) is 17.7 Å². The molecule has 4 heteroatoms. The van der Waals surface area contributed by atoms with Crippen molar-refractivity contribution >= 4 is 11.6 Å². The predicted octanol–water partition coefficient (Wildman–Crippen LogP) is 2.02. The summed E-state index contributed by atoms with van der Waals surface area (Å²) in [6, 6.07) is 16.7. The van der Waals surface area contributed by atoms with Crippen molar-refractivity contribution in [1.82, 2.24) is 0 Å².